The highest BCUT2D eigenvalue weighted by molar-refractivity contribution is 8.00. The third-order valence-electron chi connectivity index (χ3n) is 7.60. The number of rotatable bonds is 7. The van der Waals surface area contributed by atoms with Crippen molar-refractivity contribution < 1.29 is 14.0 Å². The van der Waals surface area contributed by atoms with E-state index in [0.717, 1.165) is 47.5 Å². The highest BCUT2D eigenvalue weighted by Crippen LogP contribution is 2.55. The van der Waals surface area contributed by atoms with E-state index in [-0.39, 0.29) is 23.2 Å². The van der Waals surface area contributed by atoms with Crippen molar-refractivity contribution in [1.29, 1.82) is 0 Å². The minimum Gasteiger partial charge on any atom is -0.350 e. The Morgan fingerprint density at radius 2 is 1.61 bits per heavy atom. The summed E-state index contributed by atoms with van der Waals surface area (Å²) in [6.07, 6.45) is 7.47. The first-order valence-electron chi connectivity index (χ1n) is 11.9. The summed E-state index contributed by atoms with van der Waals surface area (Å²) in [6.45, 7) is 0.393. The maximum Gasteiger partial charge on any atom is 0.255 e. The van der Waals surface area contributed by atoms with Crippen LogP contribution >= 0.6 is 11.8 Å². The molecule has 0 aliphatic heterocycles. The molecule has 33 heavy (non-hydrogen) atoms. The first-order chi connectivity index (χ1) is 15.9. The van der Waals surface area contributed by atoms with E-state index in [9.17, 15) is 14.0 Å². The van der Waals surface area contributed by atoms with E-state index in [1.807, 2.05) is 24.3 Å². The van der Waals surface area contributed by atoms with E-state index in [2.05, 4.69) is 5.32 Å². The minimum atomic E-state index is -0.290. The molecule has 0 radical (unpaired) electrons. The van der Waals surface area contributed by atoms with Gasteiger partial charge >= 0.3 is 0 Å². The molecule has 4 bridgehead atoms. The second-order valence-electron chi connectivity index (χ2n) is 10.3. The molecule has 0 heterocycles. The van der Waals surface area contributed by atoms with Crippen LogP contribution in [-0.2, 0) is 11.3 Å². The van der Waals surface area contributed by atoms with Crippen molar-refractivity contribution in [2.75, 3.05) is 12.8 Å². The lowest BCUT2D eigenvalue weighted by molar-refractivity contribution is -0.124. The van der Waals surface area contributed by atoms with E-state index < -0.39 is 0 Å². The molecule has 4 saturated carbocycles. The molecule has 2 aromatic rings. The second kappa shape index (κ2) is 9.13. The van der Waals surface area contributed by atoms with Gasteiger partial charge in [-0.25, -0.2) is 4.39 Å². The molecule has 0 unspecified atom stereocenters. The van der Waals surface area contributed by atoms with Crippen molar-refractivity contribution in [3.8, 4) is 0 Å². The monoisotopic (exact) mass is 466 g/mol. The molecule has 6 heteroatoms. The lowest BCUT2D eigenvalue weighted by Crippen LogP contribution is -2.60. The lowest BCUT2D eigenvalue weighted by Gasteiger charge is -2.56. The van der Waals surface area contributed by atoms with Crippen molar-refractivity contribution in [1.82, 2.24) is 10.2 Å². The number of benzene rings is 2. The number of carbonyl (C=O) groups is 2. The second-order valence-corrected chi connectivity index (χ2v) is 11.3. The predicted molar refractivity (Wildman–Crippen MR) is 128 cm³/mol. The van der Waals surface area contributed by atoms with Gasteiger partial charge < -0.3 is 10.2 Å². The maximum atomic E-state index is 13.2. The third kappa shape index (κ3) is 4.96. The highest BCUT2D eigenvalue weighted by Gasteiger charge is 2.51. The zero-order valence-corrected chi connectivity index (χ0v) is 19.9. The summed E-state index contributed by atoms with van der Waals surface area (Å²) < 4.78 is 13.2. The molecular formula is C27H31FN2O2S. The van der Waals surface area contributed by atoms with E-state index in [1.165, 1.54) is 43.2 Å². The fourth-order valence-electron chi connectivity index (χ4n) is 6.65. The molecular weight excluding hydrogens is 435 g/mol. The van der Waals surface area contributed by atoms with Crippen LogP contribution in [0.25, 0.3) is 0 Å². The van der Waals surface area contributed by atoms with Crippen LogP contribution in [0.15, 0.2) is 53.4 Å². The summed E-state index contributed by atoms with van der Waals surface area (Å²) in [5, 5.41) is 3.42. The summed E-state index contributed by atoms with van der Waals surface area (Å²) in [5.41, 5.74) is 1.47. The van der Waals surface area contributed by atoms with Crippen molar-refractivity contribution in [2.45, 2.75) is 55.5 Å². The van der Waals surface area contributed by atoms with Crippen LogP contribution in [0.4, 0.5) is 4.39 Å². The van der Waals surface area contributed by atoms with E-state index >= 15 is 0 Å². The fraction of sp³-hybridized carbons (Fsp3) is 0.481. The maximum absolute atomic E-state index is 13.2. The summed E-state index contributed by atoms with van der Waals surface area (Å²) >= 11 is 1.43. The molecule has 4 aliphatic rings. The van der Waals surface area contributed by atoms with Gasteiger partial charge in [0.2, 0.25) is 5.91 Å². The van der Waals surface area contributed by atoms with Crippen LogP contribution in [0, 0.1) is 23.6 Å². The quantitative estimate of drug-likeness (QED) is 0.565. The number of nitrogens with zero attached hydrogens (tertiary/aromatic N) is 1. The van der Waals surface area contributed by atoms with Gasteiger partial charge in [0.05, 0.1) is 11.3 Å². The van der Waals surface area contributed by atoms with Crippen LogP contribution in [0.5, 0.6) is 0 Å². The Kier molecular flexibility index (Phi) is 6.21. The van der Waals surface area contributed by atoms with Crippen molar-refractivity contribution in [3.05, 3.63) is 65.5 Å². The Hall–Kier alpha value is -2.34. The molecule has 0 atom stereocenters. The number of nitrogens with one attached hydrogen (secondary N) is 1. The fourth-order valence-corrected chi connectivity index (χ4v) is 7.49. The molecule has 4 fully saturated rings. The average Bonchev–Trinajstić information content (AvgIpc) is 2.77. The number of amides is 2. The van der Waals surface area contributed by atoms with Crippen molar-refractivity contribution >= 4 is 23.6 Å². The van der Waals surface area contributed by atoms with Gasteiger partial charge in [0.1, 0.15) is 5.82 Å². The molecule has 0 aromatic heterocycles. The van der Waals surface area contributed by atoms with Gasteiger partial charge in [-0.1, -0.05) is 24.3 Å². The molecule has 2 amide bonds. The van der Waals surface area contributed by atoms with Crippen LogP contribution in [0.2, 0.25) is 0 Å². The lowest BCUT2D eigenvalue weighted by atomic mass is 9.53. The Labute approximate surface area is 199 Å². The highest BCUT2D eigenvalue weighted by atomic mass is 32.2. The van der Waals surface area contributed by atoms with Gasteiger partial charge in [-0.2, -0.15) is 0 Å². The molecule has 1 N–H and O–H groups in total. The van der Waals surface area contributed by atoms with Crippen molar-refractivity contribution in [2.24, 2.45) is 17.8 Å². The number of thioether (sulfide) groups is 1. The normalized spacial score (nSPS) is 27.4. The molecule has 0 spiro atoms. The smallest absolute Gasteiger partial charge is 0.255 e. The summed E-state index contributed by atoms with van der Waals surface area (Å²) in [7, 11) is 1.74. The molecule has 0 saturated heterocycles. The minimum absolute atomic E-state index is 0.0110. The largest absolute Gasteiger partial charge is 0.350 e. The van der Waals surface area contributed by atoms with Crippen LogP contribution in [-0.4, -0.2) is 35.1 Å². The molecule has 4 aliphatic carbocycles. The zero-order chi connectivity index (χ0) is 23.0. The standard InChI is InChI=1S/C27H31FN2O2S/c1-30(16-18-6-8-22(28)9-7-18)26(32)23-4-2-3-5-24(23)33-17-25(31)29-27-13-19-10-20(14-27)12-21(11-19)15-27/h2-9,19-21H,10-17H2,1H3,(H,29,31). The summed E-state index contributed by atoms with van der Waals surface area (Å²) in [5.74, 6) is 2.36. The predicted octanol–water partition coefficient (Wildman–Crippen LogP) is 5.28. The Morgan fingerprint density at radius 3 is 2.24 bits per heavy atom. The first-order valence-corrected chi connectivity index (χ1v) is 12.9. The first kappa shape index (κ1) is 22.5. The van der Waals surface area contributed by atoms with Crippen LogP contribution in [0.1, 0.15) is 54.4 Å². The summed E-state index contributed by atoms with van der Waals surface area (Å²) in [6, 6.07) is 13.6. The Morgan fingerprint density at radius 1 is 1.00 bits per heavy atom. The van der Waals surface area contributed by atoms with Gasteiger partial charge in [0.15, 0.2) is 0 Å². The van der Waals surface area contributed by atoms with E-state index in [1.54, 1.807) is 24.1 Å². The number of hydrogen-bond donors (Lipinski definition) is 1. The molecule has 174 valence electrons. The van der Waals surface area contributed by atoms with Gasteiger partial charge in [-0.15, -0.1) is 11.8 Å². The number of halogens is 1. The Bertz CT molecular complexity index is 1000. The topological polar surface area (TPSA) is 49.4 Å². The van der Waals surface area contributed by atoms with Gasteiger partial charge in [-0.3, -0.25) is 9.59 Å². The third-order valence-corrected chi connectivity index (χ3v) is 8.67. The van der Waals surface area contributed by atoms with Crippen molar-refractivity contribution in [3.63, 3.8) is 0 Å². The van der Waals surface area contributed by atoms with Crippen LogP contribution < -0.4 is 5.32 Å². The van der Waals surface area contributed by atoms with Crippen LogP contribution in [0.3, 0.4) is 0 Å². The number of hydrogen-bond acceptors (Lipinski definition) is 3. The Balaban J connectivity index is 1.20. The molecule has 6 rings (SSSR count). The van der Waals surface area contributed by atoms with E-state index in [4.69, 9.17) is 0 Å². The number of carbonyl (C=O) groups excluding carboxylic acids is 2. The molecule has 4 nitrogen and oxygen atoms in total. The van der Waals surface area contributed by atoms with E-state index in [0.29, 0.717) is 17.9 Å². The summed E-state index contributed by atoms with van der Waals surface area (Å²) in [4.78, 5) is 28.5. The zero-order valence-electron chi connectivity index (χ0n) is 19.1. The van der Waals surface area contributed by atoms with Gasteiger partial charge in [-0.05, 0) is 86.1 Å². The average molecular weight is 467 g/mol. The SMILES string of the molecule is CN(Cc1ccc(F)cc1)C(=O)c1ccccc1SCC(=O)NC12CC3CC(CC(C3)C1)C2. The van der Waals surface area contributed by atoms with Gasteiger partial charge in [0.25, 0.3) is 5.91 Å². The molecule has 2 aromatic carbocycles. The van der Waals surface area contributed by atoms with Gasteiger partial charge in [0, 0.05) is 24.0 Å².